The SMILES string of the molecule is C=CCOc1cccc(NC(=O)C(C)(C)CCCOc2cc(C)ccc2C)c1. The van der Waals surface area contributed by atoms with E-state index < -0.39 is 5.41 Å². The van der Waals surface area contributed by atoms with E-state index in [4.69, 9.17) is 9.47 Å². The second kappa shape index (κ2) is 9.98. The summed E-state index contributed by atoms with van der Waals surface area (Å²) < 4.78 is 11.4. The largest absolute Gasteiger partial charge is 0.493 e. The van der Waals surface area contributed by atoms with Crippen LogP contribution in [0.5, 0.6) is 11.5 Å². The molecule has 0 saturated carbocycles. The Bertz CT molecular complexity index is 811. The van der Waals surface area contributed by atoms with Crippen LogP contribution in [0.1, 0.15) is 37.8 Å². The molecular formula is C24H31NO3. The van der Waals surface area contributed by atoms with Gasteiger partial charge in [0.25, 0.3) is 0 Å². The van der Waals surface area contributed by atoms with Crippen LogP contribution in [0.4, 0.5) is 5.69 Å². The lowest BCUT2D eigenvalue weighted by atomic mass is 9.87. The summed E-state index contributed by atoms with van der Waals surface area (Å²) in [5.41, 5.74) is 2.54. The average Bonchev–Trinajstić information content (AvgIpc) is 2.66. The number of nitrogens with one attached hydrogen (secondary N) is 1. The van der Waals surface area contributed by atoms with Crippen molar-refractivity contribution in [3.63, 3.8) is 0 Å². The fraction of sp³-hybridized carbons (Fsp3) is 0.375. The molecule has 0 atom stereocenters. The molecule has 0 bridgehead atoms. The first kappa shape index (κ1) is 21.5. The lowest BCUT2D eigenvalue weighted by molar-refractivity contribution is -0.124. The Morgan fingerprint density at radius 3 is 2.68 bits per heavy atom. The Morgan fingerprint density at radius 1 is 1.14 bits per heavy atom. The Balaban J connectivity index is 1.85. The summed E-state index contributed by atoms with van der Waals surface area (Å²) in [7, 11) is 0. The van der Waals surface area contributed by atoms with Crippen molar-refractivity contribution in [2.45, 2.75) is 40.5 Å². The molecule has 4 heteroatoms. The summed E-state index contributed by atoms with van der Waals surface area (Å²) in [6.07, 6.45) is 3.22. The molecule has 2 aromatic rings. The number of hydrogen-bond acceptors (Lipinski definition) is 3. The molecule has 0 unspecified atom stereocenters. The molecule has 1 N–H and O–H groups in total. The molecule has 0 aliphatic heterocycles. The van der Waals surface area contributed by atoms with E-state index in [0.717, 1.165) is 29.8 Å². The van der Waals surface area contributed by atoms with Crippen molar-refractivity contribution in [1.29, 1.82) is 0 Å². The molecule has 28 heavy (non-hydrogen) atoms. The third-order valence-corrected chi connectivity index (χ3v) is 4.62. The molecule has 1 amide bonds. The molecular weight excluding hydrogens is 350 g/mol. The van der Waals surface area contributed by atoms with E-state index in [1.165, 1.54) is 5.56 Å². The summed E-state index contributed by atoms with van der Waals surface area (Å²) >= 11 is 0. The van der Waals surface area contributed by atoms with Crippen molar-refractivity contribution >= 4 is 11.6 Å². The van der Waals surface area contributed by atoms with Gasteiger partial charge in [-0.1, -0.05) is 44.7 Å². The van der Waals surface area contributed by atoms with Gasteiger partial charge in [0.2, 0.25) is 5.91 Å². The van der Waals surface area contributed by atoms with Crippen molar-refractivity contribution in [3.8, 4) is 11.5 Å². The number of anilines is 1. The Labute approximate surface area is 168 Å². The maximum absolute atomic E-state index is 12.7. The minimum absolute atomic E-state index is 0.0138. The predicted molar refractivity (Wildman–Crippen MR) is 115 cm³/mol. The van der Waals surface area contributed by atoms with Crippen LogP contribution in [-0.2, 0) is 4.79 Å². The summed E-state index contributed by atoms with van der Waals surface area (Å²) in [5, 5.41) is 2.99. The highest BCUT2D eigenvalue weighted by Gasteiger charge is 2.27. The molecule has 0 aromatic heterocycles. The molecule has 0 heterocycles. The van der Waals surface area contributed by atoms with Gasteiger partial charge in [-0.25, -0.2) is 0 Å². The van der Waals surface area contributed by atoms with Crippen molar-refractivity contribution < 1.29 is 14.3 Å². The molecule has 0 aliphatic rings. The smallest absolute Gasteiger partial charge is 0.230 e. The van der Waals surface area contributed by atoms with Gasteiger partial charge in [-0.15, -0.1) is 0 Å². The topological polar surface area (TPSA) is 47.6 Å². The number of benzene rings is 2. The van der Waals surface area contributed by atoms with E-state index in [2.05, 4.69) is 37.0 Å². The maximum atomic E-state index is 12.7. The van der Waals surface area contributed by atoms with Gasteiger partial charge in [-0.05, 0) is 56.0 Å². The minimum atomic E-state index is -0.497. The fourth-order valence-electron chi connectivity index (χ4n) is 2.79. The van der Waals surface area contributed by atoms with Crippen LogP contribution in [0.25, 0.3) is 0 Å². The third kappa shape index (κ3) is 6.45. The molecule has 2 aromatic carbocycles. The number of carbonyl (C=O) groups is 1. The van der Waals surface area contributed by atoms with Gasteiger partial charge in [0.1, 0.15) is 18.1 Å². The highest BCUT2D eigenvalue weighted by atomic mass is 16.5. The van der Waals surface area contributed by atoms with Crippen molar-refractivity contribution in [2.24, 2.45) is 5.41 Å². The molecule has 2 rings (SSSR count). The van der Waals surface area contributed by atoms with Crippen LogP contribution in [0.3, 0.4) is 0 Å². The lowest BCUT2D eigenvalue weighted by Crippen LogP contribution is -2.31. The zero-order chi connectivity index (χ0) is 20.6. The highest BCUT2D eigenvalue weighted by Crippen LogP contribution is 2.27. The monoisotopic (exact) mass is 381 g/mol. The standard InChI is InChI=1S/C24H31NO3/c1-6-14-27-21-10-7-9-20(17-21)25-23(26)24(4,5)13-8-15-28-22-16-18(2)11-12-19(22)3/h6-7,9-12,16-17H,1,8,13-15H2,2-5H3,(H,25,26). The van der Waals surface area contributed by atoms with Gasteiger partial charge >= 0.3 is 0 Å². The summed E-state index contributed by atoms with van der Waals surface area (Å²) in [5.74, 6) is 1.61. The molecule has 0 fully saturated rings. The zero-order valence-corrected chi connectivity index (χ0v) is 17.4. The van der Waals surface area contributed by atoms with Crippen LogP contribution in [-0.4, -0.2) is 19.1 Å². The molecule has 0 spiro atoms. The fourth-order valence-corrected chi connectivity index (χ4v) is 2.79. The van der Waals surface area contributed by atoms with Crippen LogP contribution < -0.4 is 14.8 Å². The second-order valence-electron chi connectivity index (χ2n) is 7.69. The highest BCUT2D eigenvalue weighted by molar-refractivity contribution is 5.94. The normalized spacial score (nSPS) is 11.0. The number of ether oxygens (including phenoxy) is 2. The Kier molecular flexibility index (Phi) is 7.68. The molecule has 0 aliphatic carbocycles. The number of amides is 1. The Hall–Kier alpha value is -2.75. The Morgan fingerprint density at radius 2 is 1.93 bits per heavy atom. The van der Waals surface area contributed by atoms with Gasteiger partial charge in [-0.2, -0.15) is 0 Å². The van der Waals surface area contributed by atoms with Crippen molar-refractivity contribution in [2.75, 3.05) is 18.5 Å². The zero-order valence-electron chi connectivity index (χ0n) is 17.4. The maximum Gasteiger partial charge on any atom is 0.230 e. The number of hydrogen-bond donors (Lipinski definition) is 1. The number of carbonyl (C=O) groups excluding carboxylic acids is 1. The van der Waals surface area contributed by atoms with Crippen molar-refractivity contribution in [1.82, 2.24) is 0 Å². The van der Waals surface area contributed by atoms with E-state index in [1.54, 1.807) is 6.08 Å². The van der Waals surface area contributed by atoms with Crippen LogP contribution >= 0.6 is 0 Å². The van der Waals surface area contributed by atoms with Gasteiger partial charge in [0.05, 0.1) is 6.61 Å². The molecule has 0 saturated heterocycles. The average molecular weight is 382 g/mol. The van der Waals surface area contributed by atoms with E-state index in [1.807, 2.05) is 45.0 Å². The van der Waals surface area contributed by atoms with Crippen LogP contribution in [0.2, 0.25) is 0 Å². The quantitative estimate of drug-likeness (QED) is 0.425. The summed E-state index contributed by atoms with van der Waals surface area (Å²) in [4.78, 5) is 12.7. The lowest BCUT2D eigenvalue weighted by Gasteiger charge is -2.24. The first-order chi connectivity index (χ1) is 13.3. The van der Waals surface area contributed by atoms with Crippen LogP contribution in [0.15, 0.2) is 55.1 Å². The van der Waals surface area contributed by atoms with E-state index >= 15 is 0 Å². The number of rotatable bonds is 10. The molecule has 150 valence electrons. The predicted octanol–water partition coefficient (Wildman–Crippen LogP) is 5.69. The molecule has 0 radical (unpaired) electrons. The van der Waals surface area contributed by atoms with Crippen LogP contribution in [0, 0.1) is 19.3 Å². The van der Waals surface area contributed by atoms with E-state index in [9.17, 15) is 4.79 Å². The summed E-state index contributed by atoms with van der Waals surface area (Å²) in [6.45, 7) is 12.7. The minimum Gasteiger partial charge on any atom is -0.493 e. The number of aryl methyl sites for hydroxylation is 2. The second-order valence-corrected chi connectivity index (χ2v) is 7.69. The first-order valence-corrected chi connectivity index (χ1v) is 9.67. The van der Waals surface area contributed by atoms with Crippen molar-refractivity contribution in [3.05, 3.63) is 66.2 Å². The van der Waals surface area contributed by atoms with Gasteiger partial charge in [-0.3, -0.25) is 4.79 Å². The van der Waals surface area contributed by atoms with E-state index in [0.29, 0.717) is 19.0 Å². The van der Waals surface area contributed by atoms with Gasteiger partial charge in [0, 0.05) is 17.2 Å². The summed E-state index contributed by atoms with van der Waals surface area (Å²) in [6, 6.07) is 13.6. The van der Waals surface area contributed by atoms with E-state index in [-0.39, 0.29) is 5.91 Å². The first-order valence-electron chi connectivity index (χ1n) is 9.67. The van der Waals surface area contributed by atoms with Gasteiger partial charge in [0.15, 0.2) is 0 Å². The third-order valence-electron chi connectivity index (χ3n) is 4.62. The van der Waals surface area contributed by atoms with Gasteiger partial charge < -0.3 is 14.8 Å². The molecule has 4 nitrogen and oxygen atoms in total.